The third kappa shape index (κ3) is 2.78. The first-order valence-corrected chi connectivity index (χ1v) is 8.89. The van der Waals surface area contributed by atoms with Gasteiger partial charge < -0.3 is 15.4 Å². The highest BCUT2D eigenvalue weighted by atomic mass is 79.9. The van der Waals surface area contributed by atoms with Crippen molar-refractivity contribution in [3.8, 4) is 0 Å². The number of benzene rings is 2. The smallest absolute Gasteiger partial charge is 0.338 e. The lowest BCUT2D eigenvalue weighted by molar-refractivity contribution is -0.137. The Kier molecular flexibility index (Phi) is 4.19. The zero-order valence-electron chi connectivity index (χ0n) is 14.2. The number of methoxy groups -OCH3 is 1. The predicted octanol–water partition coefficient (Wildman–Crippen LogP) is 3.10. The molecule has 7 nitrogen and oxygen atoms in total. The Balaban J connectivity index is 1.97. The topological polar surface area (TPSA) is 87.7 Å². The molecule has 0 bridgehead atoms. The van der Waals surface area contributed by atoms with Crippen LogP contribution in [0.15, 0.2) is 64.3 Å². The quantitative estimate of drug-likeness (QED) is 0.720. The summed E-state index contributed by atoms with van der Waals surface area (Å²) in [5, 5.41) is 5.55. The molecular formula is C19H14BrN3O4. The summed E-state index contributed by atoms with van der Waals surface area (Å²) in [6.07, 6.45) is 0. The molecule has 136 valence electrons. The van der Waals surface area contributed by atoms with Crippen LogP contribution in [0.25, 0.3) is 0 Å². The highest BCUT2D eigenvalue weighted by Gasteiger charge is 2.44. The van der Waals surface area contributed by atoms with E-state index in [2.05, 4.69) is 26.6 Å². The van der Waals surface area contributed by atoms with Crippen LogP contribution in [-0.4, -0.2) is 25.0 Å². The number of anilines is 2. The Morgan fingerprint density at radius 1 is 1.15 bits per heavy atom. The lowest BCUT2D eigenvalue weighted by Crippen LogP contribution is -2.53. The molecule has 1 unspecified atom stereocenters. The monoisotopic (exact) mass is 427 g/mol. The van der Waals surface area contributed by atoms with Gasteiger partial charge in [-0.1, -0.05) is 40.2 Å². The van der Waals surface area contributed by atoms with E-state index in [1.807, 2.05) is 6.07 Å². The molecule has 0 saturated heterocycles. The van der Waals surface area contributed by atoms with E-state index in [1.165, 1.54) is 12.0 Å². The standard InChI is InChI=1S/C19H14BrN3O4/c1-27-18(25)14-15(10-5-4-6-11(20)9-10)22-19(26)23-13-8-3-2-7-12(13)21-17(24)16(14)23/h2-9,15H,1H3,(H,21,24)(H,22,26). The molecule has 2 aromatic rings. The largest absolute Gasteiger partial charge is 0.466 e. The molecule has 3 amide bonds. The van der Waals surface area contributed by atoms with Gasteiger partial charge in [0, 0.05) is 4.47 Å². The van der Waals surface area contributed by atoms with Crippen molar-refractivity contribution in [2.24, 2.45) is 0 Å². The minimum atomic E-state index is -0.815. The Morgan fingerprint density at radius 2 is 1.93 bits per heavy atom. The van der Waals surface area contributed by atoms with Crippen LogP contribution in [0.2, 0.25) is 0 Å². The van der Waals surface area contributed by atoms with E-state index < -0.39 is 23.9 Å². The maximum atomic E-state index is 12.9. The van der Waals surface area contributed by atoms with Crippen molar-refractivity contribution in [2.75, 3.05) is 17.3 Å². The van der Waals surface area contributed by atoms with E-state index in [1.54, 1.807) is 42.5 Å². The van der Waals surface area contributed by atoms with Crippen molar-refractivity contribution in [1.82, 2.24) is 5.32 Å². The average molecular weight is 428 g/mol. The number of rotatable bonds is 2. The normalized spacial score (nSPS) is 18.3. The van der Waals surface area contributed by atoms with Gasteiger partial charge in [0.05, 0.1) is 30.1 Å². The molecule has 2 aliphatic heterocycles. The SMILES string of the molecule is COC(=O)C1=C2C(=O)Nc3ccccc3N2C(=O)NC1c1cccc(Br)c1. The zero-order valence-corrected chi connectivity index (χ0v) is 15.7. The third-order valence-electron chi connectivity index (χ3n) is 4.43. The molecule has 2 heterocycles. The molecule has 0 aromatic heterocycles. The molecule has 0 fully saturated rings. The Morgan fingerprint density at radius 3 is 2.67 bits per heavy atom. The predicted molar refractivity (Wildman–Crippen MR) is 102 cm³/mol. The molecule has 0 spiro atoms. The van der Waals surface area contributed by atoms with E-state index in [0.29, 0.717) is 16.9 Å². The van der Waals surface area contributed by atoms with Crippen LogP contribution in [0.3, 0.4) is 0 Å². The summed E-state index contributed by atoms with van der Waals surface area (Å²) < 4.78 is 5.71. The second-order valence-corrected chi connectivity index (χ2v) is 6.91. The van der Waals surface area contributed by atoms with Crippen LogP contribution >= 0.6 is 15.9 Å². The van der Waals surface area contributed by atoms with Crippen molar-refractivity contribution in [1.29, 1.82) is 0 Å². The number of para-hydroxylation sites is 2. The van der Waals surface area contributed by atoms with Gasteiger partial charge in [0.15, 0.2) is 0 Å². The summed E-state index contributed by atoms with van der Waals surface area (Å²) in [7, 11) is 1.24. The molecule has 2 aliphatic rings. The highest BCUT2D eigenvalue weighted by Crippen LogP contribution is 2.40. The first-order chi connectivity index (χ1) is 13.0. The van der Waals surface area contributed by atoms with Crippen LogP contribution in [0.4, 0.5) is 16.2 Å². The Bertz CT molecular complexity index is 1020. The minimum Gasteiger partial charge on any atom is -0.466 e. The number of carbonyl (C=O) groups excluding carboxylic acids is 3. The fourth-order valence-corrected chi connectivity index (χ4v) is 3.71. The number of ether oxygens (including phenoxy) is 1. The molecule has 0 aliphatic carbocycles. The maximum absolute atomic E-state index is 12.9. The average Bonchev–Trinajstić information content (AvgIpc) is 2.67. The Labute approximate surface area is 163 Å². The second kappa shape index (κ2) is 6.55. The summed E-state index contributed by atoms with van der Waals surface area (Å²) >= 11 is 3.39. The fourth-order valence-electron chi connectivity index (χ4n) is 3.29. The van der Waals surface area contributed by atoms with E-state index in [9.17, 15) is 14.4 Å². The zero-order chi connectivity index (χ0) is 19.1. The van der Waals surface area contributed by atoms with Crippen LogP contribution < -0.4 is 15.5 Å². The van der Waals surface area contributed by atoms with Gasteiger partial charge in [-0.2, -0.15) is 0 Å². The Hall–Kier alpha value is -3.13. The van der Waals surface area contributed by atoms with Crippen molar-refractivity contribution < 1.29 is 19.1 Å². The molecule has 0 saturated carbocycles. The molecule has 8 heteroatoms. The van der Waals surface area contributed by atoms with Gasteiger partial charge in [-0.05, 0) is 29.8 Å². The van der Waals surface area contributed by atoms with Gasteiger partial charge in [0.1, 0.15) is 5.70 Å². The van der Waals surface area contributed by atoms with Crippen LogP contribution in [0.1, 0.15) is 11.6 Å². The first-order valence-electron chi connectivity index (χ1n) is 8.10. The summed E-state index contributed by atoms with van der Waals surface area (Å²) in [5.74, 6) is -1.22. The molecule has 1 atom stereocenters. The van der Waals surface area contributed by atoms with Crippen molar-refractivity contribution in [2.45, 2.75) is 6.04 Å². The number of amides is 3. The number of hydrogen-bond donors (Lipinski definition) is 2. The van der Waals surface area contributed by atoms with Crippen LogP contribution in [0, 0.1) is 0 Å². The van der Waals surface area contributed by atoms with E-state index in [4.69, 9.17) is 4.74 Å². The molecule has 0 radical (unpaired) electrons. The molecule has 2 aromatic carbocycles. The van der Waals surface area contributed by atoms with Crippen molar-refractivity contribution in [3.05, 3.63) is 69.8 Å². The van der Waals surface area contributed by atoms with E-state index in [0.717, 1.165) is 4.47 Å². The van der Waals surface area contributed by atoms with E-state index in [-0.39, 0.29) is 11.3 Å². The number of urea groups is 1. The maximum Gasteiger partial charge on any atom is 0.338 e. The molecule has 2 N–H and O–H groups in total. The number of esters is 1. The van der Waals surface area contributed by atoms with Gasteiger partial charge >= 0.3 is 12.0 Å². The summed E-state index contributed by atoms with van der Waals surface area (Å²) in [6, 6.07) is 12.7. The number of carbonyl (C=O) groups is 3. The van der Waals surface area contributed by atoms with Crippen LogP contribution in [-0.2, 0) is 14.3 Å². The molecular weight excluding hydrogens is 414 g/mol. The van der Waals surface area contributed by atoms with Gasteiger partial charge in [-0.15, -0.1) is 0 Å². The summed E-state index contributed by atoms with van der Waals surface area (Å²) in [6.45, 7) is 0. The van der Waals surface area contributed by atoms with E-state index >= 15 is 0 Å². The highest BCUT2D eigenvalue weighted by molar-refractivity contribution is 9.10. The minimum absolute atomic E-state index is 0.0331. The lowest BCUT2D eigenvalue weighted by Gasteiger charge is -2.38. The van der Waals surface area contributed by atoms with Gasteiger partial charge in [0.2, 0.25) is 0 Å². The molecule has 4 rings (SSSR count). The van der Waals surface area contributed by atoms with Crippen molar-refractivity contribution in [3.63, 3.8) is 0 Å². The summed E-state index contributed by atoms with van der Waals surface area (Å²) in [4.78, 5) is 39.5. The first kappa shape index (κ1) is 17.3. The number of fused-ring (bicyclic) bond motifs is 3. The summed E-state index contributed by atoms with van der Waals surface area (Å²) in [5.41, 5.74) is 1.67. The van der Waals surface area contributed by atoms with Gasteiger partial charge in [0.25, 0.3) is 5.91 Å². The third-order valence-corrected chi connectivity index (χ3v) is 4.93. The lowest BCUT2D eigenvalue weighted by atomic mass is 9.93. The van der Waals surface area contributed by atoms with Crippen LogP contribution in [0.5, 0.6) is 0 Å². The van der Waals surface area contributed by atoms with Gasteiger partial charge in [-0.25, -0.2) is 9.59 Å². The number of hydrogen-bond acceptors (Lipinski definition) is 4. The molecule has 27 heavy (non-hydrogen) atoms. The van der Waals surface area contributed by atoms with Gasteiger partial charge in [-0.3, -0.25) is 9.69 Å². The number of halogens is 1. The number of nitrogens with one attached hydrogen (secondary N) is 2. The second-order valence-electron chi connectivity index (χ2n) is 6.00. The number of nitrogens with zero attached hydrogens (tertiary/aromatic N) is 1. The van der Waals surface area contributed by atoms with Crippen molar-refractivity contribution >= 4 is 45.2 Å². The fraction of sp³-hybridized carbons (Fsp3) is 0.105.